The average Bonchev–Trinajstić information content (AvgIpc) is 2.76. The van der Waals surface area contributed by atoms with Crippen molar-refractivity contribution in [2.45, 2.75) is 5.88 Å². The highest BCUT2D eigenvalue weighted by Gasteiger charge is 2.15. The van der Waals surface area contributed by atoms with Crippen LogP contribution in [-0.2, 0) is 5.88 Å². The second-order valence-electron chi connectivity index (χ2n) is 6.37. The summed E-state index contributed by atoms with van der Waals surface area (Å²) in [6, 6.07) is 22.3. The molecule has 0 amide bonds. The molecule has 1 heterocycles. The molecule has 4 aromatic rings. The van der Waals surface area contributed by atoms with Gasteiger partial charge >= 0.3 is 17.1 Å². The van der Waals surface area contributed by atoms with Gasteiger partial charge in [-0.3, -0.25) is 4.98 Å². The van der Waals surface area contributed by atoms with Crippen LogP contribution in [0.25, 0.3) is 11.4 Å². The molecule has 0 fully saturated rings. The summed E-state index contributed by atoms with van der Waals surface area (Å²) in [4.78, 5) is 39.9. The highest BCUT2D eigenvalue weighted by atomic mass is 35.5. The summed E-state index contributed by atoms with van der Waals surface area (Å²) in [5, 5.41) is 0. The van der Waals surface area contributed by atoms with Crippen LogP contribution in [0.5, 0.6) is 11.5 Å². The summed E-state index contributed by atoms with van der Waals surface area (Å²) in [6.07, 6.45) is 0. The summed E-state index contributed by atoms with van der Waals surface area (Å²) in [6.45, 7) is 0. The molecular formula is C22H16ClN3O4. The maximum absolute atomic E-state index is 13.0. The maximum atomic E-state index is 13.0. The van der Waals surface area contributed by atoms with Crippen LogP contribution in [0.2, 0.25) is 0 Å². The highest BCUT2D eigenvalue weighted by molar-refractivity contribution is 6.17. The third-order valence-corrected chi connectivity index (χ3v) is 4.72. The first-order chi connectivity index (χ1) is 14.6. The summed E-state index contributed by atoms with van der Waals surface area (Å²) >= 11 is 6.08. The van der Waals surface area contributed by atoms with Gasteiger partial charge in [0.15, 0.2) is 0 Å². The van der Waals surface area contributed by atoms with Crippen LogP contribution in [-0.4, -0.2) is 14.1 Å². The normalized spacial score (nSPS) is 10.7. The fraction of sp³-hybridized carbons (Fsp3) is 0.0455. The SMILES string of the molecule is O=c1[nH]c(=O)n(-c2ccc(Oc3ccccc3)c(CCl)c2)c(=O)n1-c1ccccc1. The molecule has 0 saturated heterocycles. The van der Waals surface area contributed by atoms with Gasteiger partial charge in [0.25, 0.3) is 0 Å². The number of hydrogen-bond acceptors (Lipinski definition) is 4. The number of aromatic amines is 1. The Balaban J connectivity index is 1.84. The number of H-pyrrole nitrogens is 1. The van der Waals surface area contributed by atoms with Crippen molar-refractivity contribution >= 4 is 11.6 Å². The Kier molecular flexibility index (Phi) is 5.36. The topological polar surface area (TPSA) is 86.1 Å². The van der Waals surface area contributed by atoms with E-state index in [-0.39, 0.29) is 11.6 Å². The van der Waals surface area contributed by atoms with Crippen LogP contribution in [0.1, 0.15) is 5.56 Å². The second-order valence-corrected chi connectivity index (χ2v) is 6.63. The zero-order valence-corrected chi connectivity index (χ0v) is 16.4. The quantitative estimate of drug-likeness (QED) is 0.501. The van der Waals surface area contributed by atoms with Crippen molar-refractivity contribution in [1.82, 2.24) is 14.1 Å². The van der Waals surface area contributed by atoms with E-state index in [0.29, 0.717) is 22.7 Å². The zero-order chi connectivity index (χ0) is 21.1. The lowest BCUT2D eigenvalue weighted by Crippen LogP contribution is -2.48. The lowest BCUT2D eigenvalue weighted by Gasteiger charge is -2.13. The molecule has 1 aromatic heterocycles. The Morgan fingerprint density at radius 2 is 1.37 bits per heavy atom. The molecule has 7 nitrogen and oxygen atoms in total. The Bertz CT molecular complexity index is 1360. The molecule has 8 heteroatoms. The van der Waals surface area contributed by atoms with Gasteiger partial charge in [0.05, 0.1) is 17.3 Å². The minimum atomic E-state index is -0.838. The van der Waals surface area contributed by atoms with Crippen LogP contribution >= 0.6 is 11.6 Å². The van der Waals surface area contributed by atoms with Gasteiger partial charge in [-0.15, -0.1) is 11.6 Å². The summed E-state index contributed by atoms with van der Waals surface area (Å²) in [7, 11) is 0. The van der Waals surface area contributed by atoms with E-state index in [0.717, 1.165) is 9.13 Å². The number of ether oxygens (including phenoxy) is 1. The third kappa shape index (κ3) is 3.70. The molecule has 30 heavy (non-hydrogen) atoms. The molecule has 150 valence electrons. The molecule has 0 saturated carbocycles. The minimum absolute atomic E-state index is 0.0982. The molecule has 1 N–H and O–H groups in total. The van der Waals surface area contributed by atoms with Gasteiger partial charge < -0.3 is 4.74 Å². The molecule has 0 bridgehead atoms. The molecule has 0 atom stereocenters. The Hall–Kier alpha value is -3.84. The second kappa shape index (κ2) is 8.26. The Morgan fingerprint density at radius 1 is 0.767 bits per heavy atom. The van der Waals surface area contributed by atoms with Gasteiger partial charge in [-0.05, 0) is 42.5 Å². The van der Waals surface area contributed by atoms with Gasteiger partial charge in [0.2, 0.25) is 0 Å². The van der Waals surface area contributed by atoms with E-state index < -0.39 is 17.1 Å². The van der Waals surface area contributed by atoms with Crippen molar-refractivity contribution in [1.29, 1.82) is 0 Å². The standard InChI is InChI=1S/C22H16ClN3O4/c23-14-15-13-17(11-12-19(15)30-18-9-5-2-6-10-18)26-21(28)24-20(27)25(22(26)29)16-7-3-1-4-8-16/h1-13H,14H2,(H,24,27,28). The van der Waals surface area contributed by atoms with E-state index >= 15 is 0 Å². The van der Waals surface area contributed by atoms with E-state index in [4.69, 9.17) is 16.3 Å². The van der Waals surface area contributed by atoms with Crippen LogP contribution in [0.15, 0.2) is 93.2 Å². The van der Waals surface area contributed by atoms with Crippen LogP contribution in [0, 0.1) is 0 Å². The molecule has 4 rings (SSSR count). The highest BCUT2D eigenvalue weighted by Crippen LogP contribution is 2.28. The van der Waals surface area contributed by atoms with Crippen molar-refractivity contribution < 1.29 is 4.74 Å². The fourth-order valence-corrected chi connectivity index (χ4v) is 3.24. The number of benzene rings is 3. The van der Waals surface area contributed by atoms with Crippen LogP contribution in [0.4, 0.5) is 0 Å². The van der Waals surface area contributed by atoms with Crippen LogP contribution < -0.4 is 21.8 Å². The minimum Gasteiger partial charge on any atom is -0.457 e. The number of alkyl halides is 1. The number of nitrogens with zero attached hydrogens (tertiary/aromatic N) is 2. The van der Waals surface area contributed by atoms with Gasteiger partial charge in [0.1, 0.15) is 11.5 Å². The number of halogens is 1. The average molecular weight is 422 g/mol. The van der Waals surface area contributed by atoms with E-state index in [1.807, 2.05) is 18.2 Å². The molecule has 0 aliphatic heterocycles. The number of aromatic nitrogens is 3. The van der Waals surface area contributed by atoms with Crippen molar-refractivity contribution in [3.63, 3.8) is 0 Å². The summed E-state index contributed by atoms with van der Waals surface area (Å²) in [5.74, 6) is 1.23. The predicted octanol–water partition coefficient (Wildman–Crippen LogP) is 3.21. The van der Waals surface area contributed by atoms with Crippen molar-refractivity contribution in [2.75, 3.05) is 0 Å². The molecular weight excluding hydrogens is 406 g/mol. The first-order valence-electron chi connectivity index (χ1n) is 9.04. The van der Waals surface area contributed by atoms with E-state index in [9.17, 15) is 14.4 Å². The molecule has 0 spiro atoms. The summed E-state index contributed by atoms with van der Waals surface area (Å²) < 4.78 is 7.64. The van der Waals surface area contributed by atoms with E-state index in [1.165, 1.54) is 0 Å². The molecule has 0 aliphatic rings. The maximum Gasteiger partial charge on any atom is 0.345 e. The monoisotopic (exact) mass is 421 g/mol. The number of nitrogens with one attached hydrogen (secondary N) is 1. The lowest BCUT2D eigenvalue weighted by atomic mass is 10.2. The predicted molar refractivity (Wildman–Crippen MR) is 114 cm³/mol. The Labute approximate surface area is 175 Å². The van der Waals surface area contributed by atoms with Crippen molar-refractivity contribution in [3.8, 4) is 22.9 Å². The molecule has 0 aliphatic carbocycles. The number of para-hydroxylation sites is 2. The van der Waals surface area contributed by atoms with Gasteiger partial charge in [0, 0.05) is 5.56 Å². The third-order valence-electron chi connectivity index (χ3n) is 4.43. The smallest absolute Gasteiger partial charge is 0.345 e. The van der Waals surface area contributed by atoms with Gasteiger partial charge in [-0.25, -0.2) is 23.5 Å². The first kappa shape index (κ1) is 19.5. The molecule has 0 radical (unpaired) electrons. The fourth-order valence-electron chi connectivity index (χ4n) is 3.03. The van der Waals surface area contributed by atoms with Crippen LogP contribution in [0.3, 0.4) is 0 Å². The molecule has 0 unspecified atom stereocenters. The molecule has 3 aromatic carbocycles. The number of hydrogen-bond donors (Lipinski definition) is 1. The van der Waals surface area contributed by atoms with Crippen molar-refractivity contribution in [3.05, 3.63) is 116 Å². The van der Waals surface area contributed by atoms with Crippen molar-refractivity contribution in [2.24, 2.45) is 0 Å². The Morgan fingerprint density at radius 3 is 2.00 bits per heavy atom. The van der Waals surface area contributed by atoms with E-state index in [1.54, 1.807) is 60.7 Å². The number of rotatable bonds is 5. The largest absolute Gasteiger partial charge is 0.457 e. The van der Waals surface area contributed by atoms with E-state index in [2.05, 4.69) is 4.98 Å². The van der Waals surface area contributed by atoms with Gasteiger partial charge in [-0.1, -0.05) is 36.4 Å². The first-order valence-corrected chi connectivity index (χ1v) is 9.58. The van der Waals surface area contributed by atoms with Gasteiger partial charge in [-0.2, -0.15) is 0 Å². The lowest BCUT2D eigenvalue weighted by molar-refractivity contribution is 0.478. The summed E-state index contributed by atoms with van der Waals surface area (Å²) in [5.41, 5.74) is -1.24. The zero-order valence-electron chi connectivity index (χ0n) is 15.6.